The molecule has 0 N–H and O–H groups in total. The van der Waals surface area contributed by atoms with Crippen molar-refractivity contribution in [3.05, 3.63) is 34.9 Å². The van der Waals surface area contributed by atoms with E-state index >= 15 is 0 Å². The maximum absolute atomic E-state index is 12.3. The third-order valence-corrected chi connectivity index (χ3v) is 3.68. The van der Waals surface area contributed by atoms with Crippen LogP contribution in [0.1, 0.15) is 39.1 Å². The highest BCUT2D eigenvalue weighted by Gasteiger charge is 2.32. The third-order valence-electron chi connectivity index (χ3n) is 3.68. The SMILES string of the molecule is O=C([O-])c1cccc2c1C(=O)N(C[C@H]1CCCO1)C2. The van der Waals surface area contributed by atoms with E-state index in [0.29, 0.717) is 13.1 Å². The number of amides is 1. The van der Waals surface area contributed by atoms with Crippen LogP contribution in [0.5, 0.6) is 0 Å². The lowest BCUT2D eigenvalue weighted by Crippen LogP contribution is -2.33. The van der Waals surface area contributed by atoms with Crippen LogP contribution in [0.3, 0.4) is 0 Å². The minimum atomic E-state index is -1.30. The number of ether oxygens (including phenoxy) is 1. The van der Waals surface area contributed by atoms with Gasteiger partial charge in [-0.1, -0.05) is 18.2 Å². The first kappa shape index (κ1) is 12.2. The van der Waals surface area contributed by atoms with Crippen molar-refractivity contribution in [3.63, 3.8) is 0 Å². The molecule has 2 aliphatic heterocycles. The standard InChI is InChI=1S/C14H15NO4/c16-13-12-9(3-1-5-11(12)14(17)18)7-15(13)8-10-4-2-6-19-10/h1,3,5,10H,2,4,6-8H2,(H,17,18)/p-1/t10-/m1/s1. The second-order valence-electron chi connectivity index (χ2n) is 4.95. The molecular formula is C14H14NO4-. The summed E-state index contributed by atoms with van der Waals surface area (Å²) in [4.78, 5) is 25.0. The highest BCUT2D eigenvalue weighted by atomic mass is 16.5. The average Bonchev–Trinajstić information content (AvgIpc) is 2.99. The molecule has 2 aliphatic rings. The normalized spacial score (nSPS) is 21.8. The Bertz CT molecular complexity index is 534. The molecule has 0 aromatic heterocycles. The van der Waals surface area contributed by atoms with Gasteiger partial charge in [0.25, 0.3) is 5.91 Å². The fourth-order valence-corrected chi connectivity index (χ4v) is 2.77. The molecule has 1 aromatic carbocycles. The number of hydrogen-bond acceptors (Lipinski definition) is 4. The van der Waals surface area contributed by atoms with E-state index in [2.05, 4.69) is 0 Å². The van der Waals surface area contributed by atoms with Crippen LogP contribution in [-0.2, 0) is 11.3 Å². The second-order valence-corrected chi connectivity index (χ2v) is 4.95. The second kappa shape index (κ2) is 4.66. The molecule has 5 heteroatoms. The number of carbonyl (C=O) groups excluding carboxylic acids is 2. The summed E-state index contributed by atoms with van der Waals surface area (Å²) in [7, 11) is 0. The average molecular weight is 260 g/mol. The highest BCUT2D eigenvalue weighted by Crippen LogP contribution is 2.27. The van der Waals surface area contributed by atoms with Crippen molar-refractivity contribution in [3.8, 4) is 0 Å². The lowest BCUT2D eigenvalue weighted by atomic mass is 10.0. The van der Waals surface area contributed by atoms with Crippen LogP contribution in [0.15, 0.2) is 18.2 Å². The van der Waals surface area contributed by atoms with Crippen LogP contribution in [0.2, 0.25) is 0 Å². The van der Waals surface area contributed by atoms with Crippen LogP contribution in [0.25, 0.3) is 0 Å². The van der Waals surface area contributed by atoms with E-state index in [1.807, 2.05) is 0 Å². The molecule has 5 nitrogen and oxygen atoms in total. The molecule has 0 unspecified atom stereocenters. The van der Waals surface area contributed by atoms with Crippen molar-refractivity contribution in [2.45, 2.75) is 25.5 Å². The van der Waals surface area contributed by atoms with Crippen LogP contribution in [0.4, 0.5) is 0 Å². The Morgan fingerprint density at radius 1 is 1.47 bits per heavy atom. The Morgan fingerprint density at radius 2 is 2.32 bits per heavy atom. The van der Waals surface area contributed by atoms with Crippen molar-refractivity contribution in [2.75, 3.05) is 13.2 Å². The molecule has 2 heterocycles. The molecule has 0 spiro atoms. The number of aromatic carboxylic acids is 1. The van der Waals surface area contributed by atoms with Gasteiger partial charge in [-0.05, 0) is 18.4 Å². The molecule has 1 aromatic rings. The van der Waals surface area contributed by atoms with Crippen molar-refractivity contribution in [2.24, 2.45) is 0 Å². The molecule has 1 saturated heterocycles. The molecule has 3 rings (SSSR count). The minimum Gasteiger partial charge on any atom is -0.545 e. The largest absolute Gasteiger partial charge is 0.545 e. The Hall–Kier alpha value is -1.88. The van der Waals surface area contributed by atoms with Crippen LogP contribution in [0, 0.1) is 0 Å². The molecule has 0 saturated carbocycles. The van der Waals surface area contributed by atoms with E-state index in [1.54, 1.807) is 17.0 Å². The minimum absolute atomic E-state index is 0.0164. The quantitative estimate of drug-likeness (QED) is 0.777. The first-order valence-electron chi connectivity index (χ1n) is 6.41. The summed E-state index contributed by atoms with van der Waals surface area (Å²) >= 11 is 0. The van der Waals surface area contributed by atoms with Gasteiger partial charge in [-0.3, -0.25) is 4.79 Å². The summed E-state index contributed by atoms with van der Waals surface area (Å²) in [6, 6.07) is 4.85. The molecular weight excluding hydrogens is 246 g/mol. The number of benzene rings is 1. The van der Waals surface area contributed by atoms with Gasteiger partial charge in [0.1, 0.15) is 0 Å². The van der Waals surface area contributed by atoms with E-state index in [0.717, 1.165) is 25.0 Å². The van der Waals surface area contributed by atoms with E-state index in [4.69, 9.17) is 4.74 Å². The van der Waals surface area contributed by atoms with Crippen LogP contribution < -0.4 is 5.11 Å². The van der Waals surface area contributed by atoms with E-state index in [1.165, 1.54) is 6.07 Å². The lowest BCUT2D eigenvalue weighted by molar-refractivity contribution is -0.255. The Balaban J connectivity index is 1.85. The summed E-state index contributed by atoms with van der Waals surface area (Å²) in [5.41, 5.74) is 1.02. The van der Waals surface area contributed by atoms with Crippen LogP contribution in [-0.4, -0.2) is 36.0 Å². The molecule has 0 radical (unpaired) electrons. The molecule has 0 bridgehead atoms. The molecule has 1 amide bonds. The highest BCUT2D eigenvalue weighted by molar-refractivity contribution is 6.07. The number of fused-ring (bicyclic) bond motifs is 1. The van der Waals surface area contributed by atoms with Gasteiger partial charge >= 0.3 is 0 Å². The van der Waals surface area contributed by atoms with Gasteiger partial charge in [0.2, 0.25) is 0 Å². The lowest BCUT2D eigenvalue weighted by Gasteiger charge is -2.19. The van der Waals surface area contributed by atoms with Crippen LogP contribution >= 0.6 is 0 Å². The zero-order valence-electron chi connectivity index (χ0n) is 10.4. The predicted octanol–water partition coefficient (Wildman–Crippen LogP) is 0.185. The first-order valence-corrected chi connectivity index (χ1v) is 6.41. The zero-order chi connectivity index (χ0) is 13.4. The Labute approximate surface area is 110 Å². The maximum Gasteiger partial charge on any atom is 0.255 e. The van der Waals surface area contributed by atoms with E-state index in [-0.39, 0.29) is 23.1 Å². The van der Waals surface area contributed by atoms with E-state index in [9.17, 15) is 14.7 Å². The fraction of sp³-hybridized carbons (Fsp3) is 0.429. The first-order chi connectivity index (χ1) is 9.16. The number of rotatable bonds is 3. The number of hydrogen-bond donors (Lipinski definition) is 0. The summed E-state index contributed by atoms with van der Waals surface area (Å²) in [5, 5.41) is 11.1. The molecule has 100 valence electrons. The molecule has 1 fully saturated rings. The van der Waals surface area contributed by atoms with Gasteiger partial charge in [-0.25, -0.2) is 0 Å². The van der Waals surface area contributed by atoms with Crippen molar-refractivity contribution in [1.82, 2.24) is 4.90 Å². The van der Waals surface area contributed by atoms with Gasteiger partial charge in [-0.2, -0.15) is 0 Å². The summed E-state index contributed by atoms with van der Waals surface area (Å²) in [6.07, 6.45) is 2.04. The van der Waals surface area contributed by atoms with Crippen molar-refractivity contribution < 1.29 is 19.4 Å². The van der Waals surface area contributed by atoms with Gasteiger partial charge in [0, 0.05) is 25.3 Å². The summed E-state index contributed by atoms with van der Waals surface area (Å²) < 4.78 is 5.52. The smallest absolute Gasteiger partial charge is 0.255 e. The van der Waals surface area contributed by atoms with E-state index < -0.39 is 5.97 Å². The van der Waals surface area contributed by atoms with Gasteiger partial charge in [-0.15, -0.1) is 0 Å². The summed E-state index contributed by atoms with van der Waals surface area (Å²) in [5.74, 6) is -1.53. The molecule has 0 aliphatic carbocycles. The maximum atomic E-state index is 12.3. The monoisotopic (exact) mass is 260 g/mol. The topological polar surface area (TPSA) is 69.7 Å². The Kier molecular flexibility index (Phi) is 2.98. The fourth-order valence-electron chi connectivity index (χ4n) is 2.77. The van der Waals surface area contributed by atoms with Crippen molar-refractivity contribution >= 4 is 11.9 Å². The third kappa shape index (κ3) is 2.10. The van der Waals surface area contributed by atoms with Gasteiger partial charge in [0.05, 0.1) is 17.6 Å². The number of carbonyl (C=O) groups is 2. The summed E-state index contributed by atoms with van der Waals surface area (Å²) in [6.45, 7) is 1.72. The predicted molar refractivity (Wildman–Crippen MR) is 64.5 cm³/mol. The van der Waals surface area contributed by atoms with Gasteiger partial charge in [0.15, 0.2) is 0 Å². The zero-order valence-corrected chi connectivity index (χ0v) is 10.4. The molecule has 1 atom stereocenters. The Morgan fingerprint density at radius 3 is 3.00 bits per heavy atom. The number of nitrogens with zero attached hydrogens (tertiary/aromatic N) is 1. The number of carboxylic acids is 1. The molecule has 19 heavy (non-hydrogen) atoms. The van der Waals surface area contributed by atoms with Crippen molar-refractivity contribution in [1.29, 1.82) is 0 Å². The van der Waals surface area contributed by atoms with Gasteiger partial charge < -0.3 is 19.5 Å². The number of carboxylic acid groups (broad SMARTS) is 1.